The summed E-state index contributed by atoms with van der Waals surface area (Å²) in [6.07, 6.45) is 3.28. The van der Waals surface area contributed by atoms with Crippen molar-refractivity contribution in [3.63, 3.8) is 0 Å². The second kappa shape index (κ2) is 6.62. The van der Waals surface area contributed by atoms with Crippen LogP contribution in [0.1, 0.15) is 21.6 Å². The third kappa shape index (κ3) is 3.40. The van der Waals surface area contributed by atoms with Crippen molar-refractivity contribution in [3.05, 3.63) is 70.6 Å². The molecule has 116 valence electrons. The second-order valence-electron chi connectivity index (χ2n) is 5.02. The first kappa shape index (κ1) is 15.2. The highest BCUT2D eigenvalue weighted by atomic mass is 35.5. The molecule has 0 bridgehead atoms. The summed E-state index contributed by atoms with van der Waals surface area (Å²) in [6.45, 7) is 2.14. The topological polar surface area (TPSA) is 68.0 Å². The molecule has 5 nitrogen and oxygen atoms in total. The summed E-state index contributed by atoms with van der Waals surface area (Å²) in [4.78, 5) is 16.5. The van der Waals surface area contributed by atoms with E-state index < -0.39 is 0 Å². The lowest BCUT2D eigenvalue weighted by molar-refractivity contribution is 0.0950. The van der Waals surface area contributed by atoms with Crippen LogP contribution in [0, 0.1) is 6.92 Å². The Morgan fingerprint density at radius 2 is 1.87 bits per heavy atom. The molecule has 3 aromatic rings. The van der Waals surface area contributed by atoms with E-state index in [-0.39, 0.29) is 5.91 Å². The van der Waals surface area contributed by atoms with Crippen LogP contribution < -0.4 is 5.32 Å². The maximum absolute atomic E-state index is 12.5. The minimum absolute atomic E-state index is 0.231. The van der Waals surface area contributed by atoms with Gasteiger partial charge in [-0.2, -0.15) is 0 Å². The zero-order valence-corrected chi connectivity index (χ0v) is 13.2. The van der Waals surface area contributed by atoms with Gasteiger partial charge in [0.05, 0.1) is 5.69 Å². The van der Waals surface area contributed by atoms with E-state index >= 15 is 0 Å². The molecule has 2 aromatic heterocycles. The highest BCUT2D eigenvalue weighted by molar-refractivity contribution is 6.30. The van der Waals surface area contributed by atoms with E-state index in [2.05, 4.69) is 15.5 Å². The van der Waals surface area contributed by atoms with Gasteiger partial charge in [0.2, 0.25) is 0 Å². The molecular formula is C17H14ClN3O2. The number of aryl methyl sites for hydroxylation is 1. The third-order valence-corrected chi connectivity index (χ3v) is 3.65. The van der Waals surface area contributed by atoms with Crippen LogP contribution in [0.25, 0.3) is 11.3 Å². The van der Waals surface area contributed by atoms with Crippen molar-refractivity contribution < 1.29 is 9.32 Å². The van der Waals surface area contributed by atoms with Crippen molar-refractivity contribution in [2.45, 2.75) is 13.5 Å². The quantitative estimate of drug-likeness (QED) is 0.794. The first-order valence-electron chi connectivity index (χ1n) is 7.04. The third-order valence-electron chi connectivity index (χ3n) is 3.40. The second-order valence-corrected chi connectivity index (χ2v) is 5.45. The van der Waals surface area contributed by atoms with Crippen LogP contribution in [0.3, 0.4) is 0 Å². The van der Waals surface area contributed by atoms with E-state index in [1.807, 2.05) is 12.1 Å². The molecule has 2 heterocycles. The molecule has 6 heteroatoms. The first-order valence-corrected chi connectivity index (χ1v) is 7.42. The lowest BCUT2D eigenvalue weighted by Crippen LogP contribution is -2.23. The highest BCUT2D eigenvalue weighted by Gasteiger charge is 2.21. The minimum Gasteiger partial charge on any atom is -0.355 e. The van der Waals surface area contributed by atoms with E-state index in [9.17, 15) is 4.79 Å². The highest BCUT2D eigenvalue weighted by Crippen LogP contribution is 2.25. The summed E-state index contributed by atoms with van der Waals surface area (Å²) >= 11 is 5.85. The number of hydrogen-bond acceptors (Lipinski definition) is 4. The predicted molar refractivity (Wildman–Crippen MR) is 87.1 cm³/mol. The fourth-order valence-corrected chi connectivity index (χ4v) is 2.34. The first-order chi connectivity index (χ1) is 11.1. The van der Waals surface area contributed by atoms with Crippen molar-refractivity contribution >= 4 is 17.5 Å². The molecule has 0 spiro atoms. The Hall–Kier alpha value is -2.66. The number of aromatic nitrogens is 2. The lowest BCUT2D eigenvalue weighted by Gasteiger charge is -2.06. The van der Waals surface area contributed by atoms with Crippen LogP contribution in [-0.4, -0.2) is 16.0 Å². The van der Waals surface area contributed by atoms with Gasteiger partial charge in [-0.15, -0.1) is 0 Å². The zero-order chi connectivity index (χ0) is 16.2. The van der Waals surface area contributed by atoms with Gasteiger partial charge in [0.25, 0.3) is 5.91 Å². The number of amides is 1. The molecule has 23 heavy (non-hydrogen) atoms. The number of pyridine rings is 1. The Kier molecular flexibility index (Phi) is 4.39. The van der Waals surface area contributed by atoms with E-state index in [4.69, 9.17) is 16.1 Å². The molecule has 0 fully saturated rings. The van der Waals surface area contributed by atoms with Crippen molar-refractivity contribution in [2.24, 2.45) is 0 Å². The molecule has 0 aliphatic rings. The lowest BCUT2D eigenvalue weighted by atomic mass is 10.1. The van der Waals surface area contributed by atoms with Crippen LogP contribution in [0.2, 0.25) is 5.02 Å². The van der Waals surface area contributed by atoms with Crippen molar-refractivity contribution in [1.29, 1.82) is 0 Å². The van der Waals surface area contributed by atoms with Gasteiger partial charge >= 0.3 is 0 Å². The largest absolute Gasteiger partial charge is 0.355 e. The average Bonchev–Trinajstić information content (AvgIpc) is 2.96. The van der Waals surface area contributed by atoms with Crippen LogP contribution in [0.15, 0.2) is 53.3 Å². The molecule has 0 aliphatic heterocycles. The van der Waals surface area contributed by atoms with Gasteiger partial charge in [0, 0.05) is 29.5 Å². The molecule has 0 saturated heterocycles. The van der Waals surface area contributed by atoms with Gasteiger partial charge in [-0.25, -0.2) is 0 Å². The summed E-state index contributed by atoms with van der Waals surface area (Å²) in [6, 6.07) is 10.9. The summed E-state index contributed by atoms with van der Waals surface area (Å²) in [7, 11) is 0. The van der Waals surface area contributed by atoms with E-state index in [0.29, 0.717) is 28.6 Å². The number of nitrogens with zero attached hydrogens (tertiary/aromatic N) is 2. The summed E-state index contributed by atoms with van der Waals surface area (Å²) in [5, 5.41) is 7.44. The molecule has 0 aliphatic carbocycles. The SMILES string of the molecule is Cc1noc(-c2ccncc2)c1C(=O)NCc1ccc(Cl)cc1. The molecule has 0 unspecified atom stereocenters. The van der Waals surface area contributed by atoms with E-state index in [1.54, 1.807) is 43.6 Å². The number of hydrogen-bond donors (Lipinski definition) is 1. The number of rotatable bonds is 4. The van der Waals surface area contributed by atoms with Crippen LogP contribution >= 0.6 is 11.6 Å². The van der Waals surface area contributed by atoms with Crippen molar-refractivity contribution in [1.82, 2.24) is 15.5 Å². The van der Waals surface area contributed by atoms with Crippen LogP contribution in [0.5, 0.6) is 0 Å². The van der Waals surface area contributed by atoms with E-state index in [0.717, 1.165) is 11.1 Å². The Bertz CT molecular complexity index is 814. The Morgan fingerprint density at radius 1 is 1.17 bits per heavy atom. The normalized spacial score (nSPS) is 10.5. The van der Waals surface area contributed by atoms with Crippen LogP contribution in [-0.2, 0) is 6.54 Å². The molecule has 1 amide bonds. The fourth-order valence-electron chi connectivity index (χ4n) is 2.21. The van der Waals surface area contributed by atoms with Gasteiger partial charge in [-0.05, 0) is 36.8 Å². The van der Waals surface area contributed by atoms with Gasteiger partial charge in [-0.3, -0.25) is 9.78 Å². The molecule has 0 radical (unpaired) electrons. The molecule has 0 atom stereocenters. The molecular weight excluding hydrogens is 314 g/mol. The zero-order valence-electron chi connectivity index (χ0n) is 12.4. The number of carbonyl (C=O) groups is 1. The molecule has 1 aromatic carbocycles. The number of benzene rings is 1. The summed E-state index contributed by atoms with van der Waals surface area (Å²) < 4.78 is 5.31. The smallest absolute Gasteiger partial charge is 0.257 e. The molecule has 0 saturated carbocycles. The Balaban J connectivity index is 1.80. The van der Waals surface area contributed by atoms with Gasteiger partial charge in [0.15, 0.2) is 5.76 Å². The standard InChI is InChI=1S/C17H14ClN3O2/c1-11-15(16(23-21-11)13-6-8-19-9-7-13)17(22)20-10-12-2-4-14(18)5-3-12/h2-9H,10H2,1H3,(H,20,22). The van der Waals surface area contributed by atoms with Crippen molar-refractivity contribution in [3.8, 4) is 11.3 Å². The van der Waals surface area contributed by atoms with E-state index in [1.165, 1.54) is 0 Å². The van der Waals surface area contributed by atoms with Gasteiger partial charge in [-0.1, -0.05) is 28.9 Å². The predicted octanol–water partition coefficient (Wildman–Crippen LogP) is 3.63. The average molecular weight is 328 g/mol. The monoisotopic (exact) mass is 327 g/mol. The van der Waals surface area contributed by atoms with Crippen LogP contribution in [0.4, 0.5) is 0 Å². The van der Waals surface area contributed by atoms with Gasteiger partial charge < -0.3 is 9.84 Å². The number of nitrogens with one attached hydrogen (secondary N) is 1. The Labute approximate surface area is 138 Å². The van der Waals surface area contributed by atoms with Gasteiger partial charge in [0.1, 0.15) is 5.56 Å². The maximum Gasteiger partial charge on any atom is 0.257 e. The summed E-state index contributed by atoms with van der Waals surface area (Å²) in [5.74, 6) is 0.212. The minimum atomic E-state index is -0.231. The maximum atomic E-state index is 12.5. The molecule has 3 rings (SSSR count). The number of halogens is 1. The Morgan fingerprint density at radius 3 is 2.57 bits per heavy atom. The summed E-state index contributed by atoms with van der Waals surface area (Å²) in [5.41, 5.74) is 2.70. The molecule has 1 N–H and O–H groups in total. The van der Waals surface area contributed by atoms with Crippen molar-refractivity contribution in [2.75, 3.05) is 0 Å². The fraction of sp³-hybridized carbons (Fsp3) is 0.118. The number of carbonyl (C=O) groups excluding carboxylic acids is 1.